The van der Waals surface area contributed by atoms with E-state index in [4.69, 9.17) is 11.6 Å². The van der Waals surface area contributed by atoms with Gasteiger partial charge in [0.15, 0.2) is 0 Å². The smallest absolute Gasteiger partial charge is 0.243 e. The number of carbonyl (C=O) groups excluding carboxylic acids is 2. The Hall–Kier alpha value is -2.42. The van der Waals surface area contributed by atoms with Gasteiger partial charge in [0.05, 0.1) is 4.90 Å². The molecule has 2 aromatic carbocycles. The Labute approximate surface area is 199 Å². The van der Waals surface area contributed by atoms with E-state index >= 15 is 0 Å². The van der Waals surface area contributed by atoms with Crippen molar-refractivity contribution in [1.82, 2.24) is 9.62 Å². The number of sulfonamides is 1. The van der Waals surface area contributed by atoms with Crippen LogP contribution in [0.1, 0.15) is 43.7 Å². The minimum Gasteiger partial charge on any atom is -0.350 e. The molecule has 9 heteroatoms. The summed E-state index contributed by atoms with van der Waals surface area (Å²) in [5.41, 5.74) is 2.15. The molecule has 1 atom stereocenters. The second kappa shape index (κ2) is 9.83. The van der Waals surface area contributed by atoms with Crippen molar-refractivity contribution < 1.29 is 18.0 Å². The lowest BCUT2D eigenvalue weighted by molar-refractivity contribution is -0.126. The Kier molecular flexibility index (Phi) is 7.07. The monoisotopic (exact) mass is 489 g/mol. The normalized spacial score (nSPS) is 18.7. The van der Waals surface area contributed by atoms with Crippen LogP contribution in [0.4, 0.5) is 5.69 Å². The van der Waals surface area contributed by atoms with Gasteiger partial charge in [-0.1, -0.05) is 37.1 Å². The van der Waals surface area contributed by atoms with Crippen LogP contribution in [-0.2, 0) is 32.6 Å². The van der Waals surface area contributed by atoms with Crippen LogP contribution in [0.25, 0.3) is 0 Å². The van der Waals surface area contributed by atoms with E-state index in [1.165, 1.54) is 9.21 Å². The van der Waals surface area contributed by atoms with Crippen LogP contribution in [-0.4, -0.2) is 43.7 Å². The first-order valence-corrected chi connectivity index (χ1v) is 13.1. The number of nitrogens with one attached hydrogen (secondary N) is 1. The van der Waals surface area contributed by atoms with E-state index in [0.29, 0.717) is 29.4 Å². The summed E-state index contributed by atoms with van der Waals surface area (Å²) in [7, 11) is -3.60. The number of piperidine rings is 1. The van der Waals surface area contributed by atoms with Gasteiger partial charge in [-0.3, -0.25) is 14.5 Å². The SMILES string of the molecule is CCC(=O)N1c2ccc(S(=O)(=O)N3CCCCC3)cc2CC1C(=O)NCc1cccc(Cl)c1. The van der Waals surface area contributed by atoms with Gasteiger partial charge in [-0.05, 0) is 54.3 Å². The number of hydrogen-bond donors (Lipinski definition) is 1. The van der Waals surface area contributed by atoms with Gasteiger partial charge in [-0.2, -0.15) is 4.31 Å². The summed E-state index contributed by atoms with van der Waals surface area (Å²) in [5, 5.41) is 3.47. The molecular weight excluding hydrogens is 462 g/mol. The maximum Gasteiger partial charge on any atom is 0.243 e. The zero-order chi connectivity index (χ0) is 23.6. The largest absolute Gasteiger partial charge is 0.350 e. The number of anilines is 1. The fraction of sp³-hybridized carbons (Fsp3) is 0.417. The molecule has 0 saturated carbocycles. The van der Waals surface area contributed by atoms with E-state index in [1.807, 2.05) is 12.1 Å². The molecule has 2 amide bonds. The number of benzene rings is 2. The first-order chi connectivity index (χ1) is 15.8. The fourth-order valence-electron chi connectivity index (χ4n) is 4.49. The van der Waals surface area contributed by atoms with Crippen molar-refractivity contribution >= 4 is 39.1 Å². The molecule has 2 heterocycles. The molecule has 1 saturated heterocycles. The molecule has 176 valence electrons. The van der Waals surface area contributed by atoms with Gasteiger partial charge in [0.1, 0.15) is 6.04 Å². The van der Waals surface area contributed by atoms with Gasteiger partial charge in [-0.25, -0.2) is 8.42 Å². The van der Waals surface area contributed by atoms with Crippen molar-refractivity contribution in [3.63, 3.8) is 0 Å². The van der Waals surface area contributed by atoms with E-state index in [9.17, 15) is 18.0 Å². The lowest BCUT2D eigenvalue weighted by Crippen LogP contribution is -2.47. The maximum atomic E-state index is 13.1. The van der Waals surface area contributed by atoms with Crippen LogP contribution in [0.3, 0.4) is 0 Å². The van der Waals surface area contributed by atoms with Crippen molar-refractivity contribution in [2.75, 3.05) is 18.0 Å². The standard InChI is InChI=1S/C24H28ClN3O4S/c1-2-23(29)28-21-10-9-20(33(31,32)27-11-4-3-5-12-27)14-18(21)15-22(28)24(30)26-16-17-7-6-8-19(25)13-17/h6-10,13-14,22H,2-5,11-12,15-16H2,1H3,(H,26,30). The van der Waals surface area contributed by atoms with Crippen LogP contribution in [0.15, 0.2) is 47.4 Å². The van der Waals surface area contributed by atoms with Gasteiger partial charge in [0, 0.05) is 43.2 Å². The molecule has 0 bridgehead atoms. The highest BCUT2D eigenvalue weighted by atomic mass is 35.5. The number of halogens is 1. The fourth-order valence-corrected chi connectivity index (χ4v) is 6.27. The number of nitrogens with zero attached hydrogens (tertiary/aromatic N) is 2. The van der Waals surface area contributed by atoms with Gasteiger partial charge in [0.25, 0.3) is 0 Å². The Morgan fingerprint density at radius 3 is 2.55 bits per heavy atom. The average molecular weight is 490 g/mol. The first kappa shape index (κ1) is 23.7. The molecule has 2 aromatic rings. The summed E-state index contributed by atoms with van der Waals surface area (Å²) in [6, 6.07) is 11.3. The number of carbonyl (C=O) groups is 2. The van der Waals surface area contributed by atoms with E-state index in [-0.39, 0.29) is 36.1 Å². The van der Waals surface area contributed by atoms with Crippen LogP contribution < -0.4 is 10.2 Å². The van der Waals surface area contributed by atoms with Gasteiger partial charge in [0.2, 0.25) is 21.8 Å². The second-order valence-corrected chi connectivity index (χ2v) is 10.8. The predicted octanol–water partition coefficient (Wildman–Crippen LogP) is 3.50. The van der Waals surface area contributed by atoms with E-state index in [1.54, 1.807) is 37.3 Å². The Morgan fingerprint density at radius 2 is 1.85 bits per heavy atom. The molecule has 33 heavy (non-hydrogen) atoms. The molecular formula is C24H28ClN3O4S. The number of rotatable bonds is 6. The molecule has 4 rings (SSSR count). The molecule has 1 N–H and O–H groups in total. The quantitative estimate of drug-likeness (QED) is 0.672. The van der Waals surface area contributed by atoms with Gasteiger partial charge in [-0.15, -0.1) is 0 Å². The zero-order valence-electron chi connectivity index (χ0n) is 18.6. The molecule has 7 nitrogen and oxygen atoms in total. The zero-order valence-corrected chi connectivity index (χ0v) is 20.2. The molecule has 1 unspecified atom stereocenters. The third-order valence-electron chi connectivity index (χ3n) is 6.22. The van der Waals surface area contributed by atoms with Crippen molar-refractivity contribution in [1.29, 1.82) is 0 Å². The van der Waals surface area contributed by atoms with Gasteiger partial charge >= 0.3 is 0 Å². The second-order valence-electron chi connectivity index (χ2n) is 8.44. The molecule has 0 radical (unpaired) electrons. The number of fused-ring (bicyclic) bond motifs is 1. The molecule has 2 aliphatic heterocycles. The Morgan fingerprint density at radius 1 is 1.09 bits per heavy atom. The lowest BCUT2D eigenvalue weighted by atomic mass is 10.1. The summed E-state index contributed by atoms with van der Waals surface area (Å²) in [5.74, 6) is -0.461. The first-order valence-electron chi connectivity index (χ1n) is 11.3. The molecule has 0 spiro atoms. The minimum absolute atomic E-state index is 0.178. The van der Waals surface area contributed by atoms with E-state index < -0.39 is 16.1 Å². The third kappa shape index (κ3) is 4.93. The summed E-state index contributed by atoms with van der Waals surface area (Å²) in [6.07, 6.45) is 3.27. The van der Waals surface area contributed by atoms with E-state index in [2.05, 4.69) is 5.32 Å². The highest BCUT2D eigenvalue weighted by Crippen LogP contribution is 2.35. The number of hydrogen-bond acceptors (Lipinski definition) is 4. The minimum atomic E-state index is -3.60. The Bertz CT molecular complexity index is 1160. The highest BCUT2D eigenvalue weighted by Gasteiger charge is 2.38. The predicted molar refractivity (Wildman–Crippen MR) is 128 cm³/mol. The van der Waals surface area contributed by atoms with Crippen LogP contribution in [0.2, 0.25) is 5.02 Å². The van der Waals surface area contributed by atoms with Crippen molar-refractivity contribution in [3.8, 4) is 0 Å². The van der Waals surface area contributed by atoms with Crippen molar-refractivity contribution in [2.45, 2.75) is 56.5 Å². The molecule has 1 fully saturated rings. The molecule has 0 aromatic heterocycles. The van der Waals surface area contributed by atoms with Crippen molar-refractivity contribution in [3.05, 3.63) is 58.6 Å². The molecule has 2 aliphatic rings. The third-order valence-corrected chi connectivity index (χ3v) is 8.35. The highest BCUT2D eigenvalue weighted by molar-refractivity contribution is 7.89. The number of amides is 2. The van der Waals surface area contributed by atoms with Crippen LogP contribution in [0, 0.1) is 0 Å². The van der Waals surface area contributed by atoms with Crippen molar-refractivity contribution in [2.24, 2.45) is 0 Å². The van der Waals surface area contributed by atoms with Gasteiger partial charge < -0.3 is 5.32 Å². The summed E-state index contributed by atoms with van der Waals surface area (Å²) < 4.78 is 27.8. The maximum absolute atomic E-state index is 13.1. The van der Waals surface area contributed by atoms with Crippen LogP contribution in [0.5, 0.6) is 0 Å². The molecule has 0 aliphatic carbocycles. The average Bonchev–Trinajstić information content (AvgIpc) is 3.21. The van der Waals surface area contributed by atoms with Crippen LogP contribution >= 0.6 is 11.6 Å². The lowest BCUT2D eigenvalue weighted by Gasteiger charge is -2.26. The topological polar surface area (TPSA) is 86.8 Å². The summed E-state index contributed by atoms with van der Waals surface area (Å²) in [4.78, 5) is 27.5. The van der Waals surface area contributed by atoms with E-state index in [0.717, 1.165) is 24.8 Å². The summed E-state index contributed by atoms with van der Waals surface area (Å²) in [6.45, 7) is 3.08. The Balaban J connectivity index is 1.57. The summed E-state index contributed by atoms with van der Waals surface area (Å²) >= 11 is 6.02.